The maximum Gasteiger partial charge on any atom is 0.143 e. The molecule has 1 saturated heterocycles. The fourth-order valence-electron chi connectivity index (χ4n) is 2.05. The number of morpholine rings is 1. The van der Waals surface area contributed by atoms with Gasteiger partial charge in [0.05, 0.1) is 28.6 Å². The van der Waals surface area contributed by atoms with Gasteiger partial charge in [0.2, 0.25) is 0 Å². The third-order valence-electron chi connectivity index (χ3n) is 2.84. The van der Waals surface area contributed by atoms with Crippen molar-refractivity contribution >= 4 is 23.0 Å². The number of anilines is 2. The first-order valence-electron chi connectivity index (χ1n) is 5.52. The lowest BCUT2D eigenvalue weighted by molar-refractivity contribution is -0.0276. The molecule has 0 atom stereocenters. The molecule has 1 fully saturated rings. The van der Waals surface area contributed by atoms with Crippen molar-refractivity contribution in [3.63, 3.8) is 0 Å². The molecule has 1 heterocycles. The van der Waals surface area contributed by atoms with Crippen LogP contribution in [-0.4, -0.2) is 25.3 Å². The van der Waals surface area contributed by atoms with Crippen LogP contribution in [0.1, 0.15) is 13.8 Å². The number of nitrogens with zero attached hydrogens (tertiary/aromatic N) is 1. The smallest absolute Gasteiger partial charge is 0.143 e. The Morgan fingerprint density at radius 2 is 2.18 bits per heavy atom. The summed E-state index contributed by atoms with van der Waals surface area (Å²) in [6.07, 6.45) is 0. The van der Waals surface area contributed by atoms with Gasteiger partial charge in [-0.1, -0.05) is 11.6 Å². The average Bonchev–Trinajstić information content (AvgIpc) is 2.22. The quantitative estimate of drug-likeness (QED) is 0.787. The van der Waals surface area contributed by atoms with Crippen molar-refractivity contribution < 1.29 is 9.13 Å². The van der Waals surface area contributed by atoms with Crippen molar-refractivity contribution in [2.45, 2.75) is 19.4 Å². The van der Waals surface area contributed by atoms with Gasteiger partial charge in [0.25, 0.3) is 0 Å². The molecule has 0 amide bonds. The zero-order chi connectivity index (χ0) is 12.6. The first kappa shape index (κ1) is 12.5. The van der Waals surface area contributed by atoms with E-state index in [2.05, 4.69) is 4.90 Å². The molecular weight excluding hydrogens is 243 g/mol. The van der Waals surface area contributed by atoms with Crippen LogP contribution < -0.4 is 10.6 Å². The highest BCUT2D eigenvalue weighted by Gasteiger charge is 2.28. The second kappa shape index (κ2) is 4.35. The molecule has 17 heavy (non-hydrogen) atoms. The lowest BCUT2D eigenvalue weighted by atomic mass is 10.1. The van der Waals surface area contributed by atoms with E-state index in [0.717, 1.165) is 12.2 Å². The number of benzene rings is 1. The normalized spacial score (nSPS) is 19.4. The maximum absolute atomic E-state index is 13.2. The van der Waals surface area contributed by atoms with Crippen LogP contribution in [0, 0.1) is 5.82 Å². The van der Waals surface area contributed by atoms with Gasteiger partial charge in [-0.3, -0.25) is 0 Å². The van der Waals surface area contributed by atoms with Crippen molar-refractivity contribution in [2.75, 3.05) is 30.3 Å². The molecule has 0 saturated carbocycles. The fourth-order valence-corrected chi connectivity index (χ4v) is 2.21. The second-order valence-corrected chi connectivity index (χ2v) is 5.26. The Hall–Kier alpha value is -1.00. The molecule has 0 bridgehead atoms. The van der Waals surface area contributed by atoms with Gasteiger partial charge in [-0.2, -0.15) is 0 Å². The molecule has 94 valence electrons. The Labute approximate surface area is 105 Å². The molecule has 0 aromatic heterocycles. The number of hydrogen-bond donors (Lipinski definition) is 1. The zero-order valence-electron chi connectivity index (χ0n) is 9.96. The Morgan fingerprint density at radius 1 is 1.47 bits per heavy atom. The highest BCUT2D eigenvalue weighted by molar-refractivity contribution is 6.31. The van der Waals surface area contributed by atoms with Crippen LogP contribution in [-0.2, 0) is 4.74 Å². The lowest BCUT2D eigenvalue weighted by Gasteiger charge is -2.39. The SMILES string of the molecule is CC1(C)CN(c2cc(Cl)c(F)cc2N)CCO1. The molecule has 5 heteroatoms. The number of ether oxygens (including phenoxy) is 1. The topological polar surface area (TPSA) is 38.5 Å². The minimum Gasteiger partial charge on any atom is -0.397 e. The summed E-state index contributed by atoms with van der Waals surface area (Å²) >= 11 is 5.79. The summed E-state index contributed by atoms with van der Waals surface area (Å²) in [6, 6.07) is 2.84. The standard InChI is InChI=1S/C12H16ClFN2O/c1-12(2)7-16(3-4-17-12)11-5-8(13)9(14)6-10(11)15/h5-6H,3-4,7,15H2,1-2H3. The molecule has 0 spiro atoms. The molecule has 1 aromatic rings. The van der Waals surface area contributed by atoms with E-state index in [0.29, 0.717) is 18.8 Å². The highest BCUT2D eigenvalue weighted by Crippen LogP contribution is 2.32. The molecule has 2 rings (SSSR count). The van der Waals surface area contributed by atoms with E-state index in [4.69, 9.17) is 22.1 Å². The summed E-state index contributed by atoms with van der Waals surface area (Å²) in [5.41, 5.74) is 6.78. The highest BCUT2D eigenvalue weighted by atomic mass is 35.5. The van der Waals surface area contributed by atoms with Crippen LogP contribution in [0.3, 0.4) is 0 Å². The van der Waals surface area contributed by atoms with Crippen LogP contribution in [0.15, 0.2) is 12.1 Å². The molecule has 1 aliphatic rings. The van der Waals surface area contributed by atoms with Gasteiger partial charge in [-0.05, 0) is 19.9 Å². The first-order valence-corrected chi connectivity index (χ1v) is 5.90. The summed E-state index contributed by atoms with van der Waals surface area (Å²) in [5.74, 6) is -0.486. The molecule has 0 aliphatic carbocycles. The number of nitrogens with two attached hydrogens (primary N) is 1. The molecule has 3 nitrogen and oxygen atoms in total. The maximum atomic E-state index is 13.2. The van der Waals surface area contributed by atoms with Crippen LogP contribution >= 0.6 is 11.6 Å². The average molecular weight is 259 g/mol. The van der Waals surface area contributed by atoms with Crippen molar-refractivity contribution in [1.82, 2.24) is 0 Å². The van der Waals surface area contributed by atoms with Crippen LogP contribution in [0.4, 0.5) is 15.8 Å². The largest absolute Gasteiger partial charge is 0.397 e. The number of rotatable bonds is 1. The monoisotopic (exact) mass is 258 g/mol. The zero-order valence-corrected chi connectivity index (χ0v) is 10.7. The van der Waals surface area contributed by atoms with E-state index in [9.17, 15) is 4.39 Å². The predicted molar refractivity (Wildman–Crippen MR) is 68.1 cm³/mol. The van der Waals surface area contributed by atoms with Gasteiger partial charge >= 0.3 is 0 Å². The molecule has 1 aliphatic heterocycles. The number of nitrogen functional groups attached to an aromatic ring is 1. The van der Waals surface area contributed by atoms with Gasteiger partial charge in [0.1, 0.15) is 5.82 Å². The van der Waals surface area contributed by atoms with E-state index >= 15 is 0 Å². The van der Waals surface area contributed by atoms with E-state index in [1.54, 1.807) is 6.07 Å². The van der Waals surface area contributed by atoms with E-state index in [-0.39, 0.29) is 10.6 Å². The van der Waals surface area contributed by atoms with E-state index < -0.39 is 5.82 Å². The first-order chi connectivity index (χ1) is 7.89. The van der Waals surface area contributed by atoms with Gasteiger partial charge in [0, 0.05) is 19.2 Å². The van der Waals surface area contributed by atoms with Crippen molar-refractivity contribution in [2.24, 2.45) is 0 Å². The van der Waals surface area contributed by atoms with Crippen LogP contribution in [0.25, 0.3) is 0 Å². The fraction of sp³-hybridized carbons (Fsp3) is 0.500. The Morgan fingerprint density at radius 3 is 2.82 bits per heavy atom. The predicted octanol–water partition coefficient (Wildman–Crippen LogP) is 2.68. The summed E-state index contributed by atoms with van der Waals surface area (Å²) < 4.78 is 18.8. The summed E-state index contributed by atoms with van der Waals surface area (Å²) in [6.45, 7) is 6.09. The van der Waals surface area contributed by atoms with Gasteiger partial charge in [0.15, 0.2) is 0 Å². The molecular formula is C12H16ClFN2O. The Balaban J connectivity index is 2.31. The lowest BCUT2D eigenvalue weighted by Crippen LogP contribution is -2.48. The molecule has 1 aromatic carbocycles. The minimum atomic E-state index is -0.486. The molecule has 2 N–H and O–H groups in total. The van der Waals surface area contributed by atoms with Crippen molar-refractivity contribution in [1.29, 1.82) is 0 Å². The molecule has 0 radical (unpaired) electrons. The summed E-state index contributed by atoms with van der Waals surface area (Å²) in [4.78, 5) is 2.07. The number of halogens is 2. The number of hydrogen-bond acceptors (Lipinski definition) is 3. The third-order valence-corrected chi connectivity index (χ3v) is 3.13. The van der Waals surface area contributed by atoms with Gasteiger partial charge in [-0.25, -0.2) is 4.39 Å². The third kappa shape index (κ3) is 2.64. The van der Waals surface area contributed by atoms with Gasteiger partial charge in [-0.15, -0.1) is 0 Å². The summed E-state index contributed by atoms with van der Waals surface area (Å²) in [5, 5.41) is 0.0958. The van der Waals surface area contributed by atoms with Crippen molar-refractivity contribution in [3.05, 3.63) is 23.0 Å². The Bertz CT molecular complexity index is 437. The Kier molecular flexibility index (Phi) is 3.19. The van der Waals surface area contributed by atoms with Crippen LogP contribution in [0.5, 0.6) is 0 Å². The second-order valence-electron chi connectivity index (χ2n) is 4.85. The summed E-state index contributed by atoms with van der Waals surface area (Å²) in [7, 11) is 0. The van der Waals surface area contributed by atoms with E-state index in [1.807, 2.05) is 13.8 Å². The molecule has 0 unspecified atom stereocenters. The van der Waals surface area contributed by atoms with Crippen molar-refractivity contribution in [3.8, 4) is 0 Å². The van der Waals surface area contributed by atoms with E-state index in [1.165, 1.54) is 6.07 Å². The van der Waals surface area contributed by atoms with Gasteiger partial charge < -0.3 is 15.4 Å². The van der Waals surface area contributed by atoms with Crippen LogP contribution in [0.2, 0.25) is 5.02 Å². The minimum absolute atomic E-state index is 0.0958.